The van der Waals surface area contributed by atoms with E-state index in [1.54, 1.807) is 0 Å². The zero-order chi connectivity index (χ0) is 22.0. The van der Waals surface area contributed by atoms with Crippen molar-refractivity contribution in [1.29, 1.82) is 0 Å². The molecule has 0 aromatic heterocycles. The monoisotopic (exact) mass is 434 g/mol. The molecule has 1 fully saturated rings. The van der Waals surface area contributed by atoms with Crippen molar-refractivity contribution >= 4 is 0 Å². The van der Waals surface area contributed by atoms with E-state index in [1.165, 1.54) is 0 Å². The van der Waals surface area contributed by atoms with Gasteiger partial charge in [-0.05, 0) is 16.7 Å². The minimum Gasteiger partial charge on any atom is -0.394 e. The zero-order valence-corrected chi connectivity index (χ0v) is 18.1. The van der Waals surface area contributed by atoms with E-state index in [0.29, 0.717) is 26.4 Å². The maximum Gasteiger partial charge on any atom is 0.115 e. The number of aliphatic hydroxyl groups excluding tert-OH is 1. The van der Waals surface area contributed by atoms with Gasteiger partial charge in [-0.1, -0.05) is 91.0 Å². The first kappa shape index (κ1) is 22.6. The molecule has 168 valence electrons. The Morgan fingerprint density at radius 2 is 1.06 bits per heavy atom. The lowest BCUT2D eigenvalue weighted by Crippen LogP contribution is -2.57. The van der Waals surface area contributed by atoms with Crippen LogP contribution in [0.5, 0.6) is 0 Å². The van der Waals surface area contributed by atoms with Crippen LogP contribution in [0.3, 0.4) is 0 Å². The lowest BCUT2D eigenvalue weighted by atomic mass is 9.99. The molecular weight excluding hydrogens is 404 g/mol. The molecule has 0 unspecified atom stereocenters. The van der Waals surface area contributed by atoms with E-state index >= 15 is 0 Å². The van der Waals surface area contributed by atoms with Crippen LogP contribution in [-0.4, -0.2) is 42.7 Å². The Morgan fingerprint density at radius 3 is 1.53 bits per heavy atom. The molecule has 0 spiro atoms. The van der Waals surface area contributed by atoms with Gasteiger partial charge < -0.3 is 24.1 Å². The van der Waals surface area contributed by atoms with Gasteiger partial charge in [0.2, 0.25) is 0 Å². The summed E-state index contributed by atoms with van der Waals surface area (Å²) in [5.74, 6) is 0. The molecule has 1 heterocycles. The summed E-state index contributed by atoms with van der Waals surface area (Å²) in [6.07, 6.45) is -1.63. The zero-order valence-electron chi connectivity index (χ0n) is 18.1. The second-order valence-corrected chi connectivity index (χ2v) is 7.91. The van der Waals surface area contributed by atoms with Crippen molar-refractivity contribution in [1.82, 2.24) is 0 Å². The summed E-state index contributed by atoms with van der Waals surface area (Å²) in [5, 5.41) is 9.95. The minimum atomic E-state index is -0.476. The molecule has 0 radical (unpaired) electrons. The highest BCUT2D eigenvalue weighted by Crippen LogP contribution is 2.26. The van der Waals surface area contributed by atoms with Gasteiger partial charge in [0.15, 0.2) is 0 Å². The maximum absolute atomic E-state index is 9.95. The SMILES string of the molecule is OC[C@H]1OC[C@H](OCc2ccccc2)[C@@H](OCc2ccccc2)[C@@H]1OCc1ccccc1. The largest absolute Gasteiger partial charge is 0.394 e. The second kappa shape index (κ2) is 11.9. The Hall–Kier alpha value is -2.54. The Balaban J connectivity index is 1.49. The number of hydrogen-bond acceptors (Lipinski definition) is 5. The van der Waals surface area contributed by atoms with E-state index in [0.717, 1.165) is 16.7 Å². The molecule has 0 amide bonds. The Labute approximate surface area is 189 Å². The van der Waals surface area contributed by atoms with Crippen LogP contribution in [0.1, 0.15) is 16.7 Å². The molecule has 1 saturated heterocycles. The quantitative estimate of drug-likeness (QED) is 0.520. The van der Waals surface area contributed by atoms with E-state index < -0.39 is 12.2 Å². The fourth-order valence-corrected chi connectivity index (χ4v) is 3.85. The molecular formula is C27H30O5. The van der Waals surface area contributed by atoms with E-state index in [4.69, 9.17) is 18.9 Å². The molecule has 4 rings (SSSR count). The standard InChI is InChI=1S/C27H30O5/c28-16-24-26(31-18-22-12-6-2-7-13-22)27(32-19-23-14-8-3-9-15-23)25(20-30-24)29-17-21-10-4-1-5-11-21/h1-15,24-28H,16-20H2/t24-,25+,26-,27-/m1/s1. The van der Waals surface area contributed by atoms with Crippen LogP contribution >= 0.6 is 0 Å². The van der Waals surface area contributed by atoms with Crippen LogP contribution in [0.15, 0.2) is 91.0 Å². The van der Waals surface area contributed by atoms with Crippen LogP contribution in [0, 0.1) is 0 Å². The molecule has 1 aliphatic heterocycles. The summed E-state index contributed by atoms with van der Waals surface area (Å²) in [7, 11) is 0. The lowest BCUT2D eigenvalue weighted by molar-refractivity contribution is -0.243. The van der Waals surface area contributed by atoms with Crippen LogP contribution in [-0.2, 0) is 38.8 Å². The van der Waals surface area contributed by atoms with Gasteiger partial charge in [-0.15, -0.1) is 0 Å². The summed E-state index contributed by atoms with van der Waals surface area (Å²) >= 11 is 0. The van der Waals surface area contributed by atoms with Crippen LogP contribution in [0.2, 0.25) is 0 Å². The summed E-state index contributed by atoms with van der Waals surface area (Å²) in [6.45, 7) is 1.48. The summed E-state index contributed by atoms with van der Waals surface area (Å²) in [5.41, 5.74) is 3.21. The highest BCUT2D eigenvalue weighted by atomic mass is 16.6. The van der Waals surface area contributed by atoms with Crippen molar-refractivity contribution < 1.29 is 24.1 Å². The first-order chi connectivity index (χ1) is 15.8. The highest BCUT2D eigenvalue weighted by molar-refractivity contribution is 5.15. The number of hydrogen-bond donors (Lipinski definition) is 1. The van der Waals surface area contributed by atoms with Gasteiger partial charge in [-0.25, -0.2) is 0 Å². The van der Waals surface area contributed by atoms with Crippen molar-refractivity contribution in [2.45, 2.75) is 44.2 Å². The fraction of sp³-hybridized carbons (Fsp3) is 0.333. The topological polar surface area (TPSA) is 57.2 Å². The molecule has 5 heteroatoms. The lowest BCUT2D eigenvalue weighted by Gasteiger charge is -2.41. The van der Waals surface area contributed by atoms with E-state index in [-0.39, 0.29) is 18.8 Å². The summed E-state index contributed by atoms with van der Waals surface area (Å²) in [4.78, 5) is 0. The van der Waals surface area contributed by atoms with Crippen molar-refractivity contribution in [2.24, 2.45) is 0 Å². The van der Waals surface area contributed by atoms with Gasteiger partial charge in [0, 0.05) is 0 Å². The molecule has 0 saturated carbocycles. The van der Waals surface area contributed by atoms with Gasteiger partial charge in [0.1, 0.15) is 24.4 Å². The third kappa shape index (κ3) is 6.25. The maximum atomic E-state index is 9.95. The van der Waals surface area contributed by atoms with Crippen molar-refractivity contribution in [3.05, 3.63) is 108 Å². The third-order valence-corrected chi connectivity index (χ3v) is 5.59. The molecule has 1 aliphatic rings. The average Bonchev–Trinajstić information content (AvgIpc) is 2.87. The second-order valence-electron chi connectivity index (χ2n) is 7.91. The molecule has 4 atom stereocenters. The average molecular weight is 435 g/mol. The number of aliphatic hydroxyl groups is 1. The van der Waals surface area contributed by atoms with Crippen molar-refractivity contribution in [3.8, 4) is 0 Å². The first-order valence-corrected chi connectivity index (χ1v) is 11.0. The van der Waals surface area contributed by atoms with E-state index in [9.17, 15) is 5.11 Å². The Morgan fingerprint density at radius 1 is 0.625 bits per heavy atom. The Kier molecular flexibility index (Phi) is 8.42. The highest BCUT2D eigenvalue weighted by Gasteiger charge is 2.42. The molecule has 32 heavy (non-hydrogen) atoms. The van der Waals surface area contributed by atoms with Gasteiger partial charge in [0.25, 0.3) is 0 Å². The molecule has 3 aromatic carbocycles. The molecule has 0 bridgehead atoms. The van der Waals surface area contributed by atoms with Gasteiger partial charge in [-0.3, -0.25) is 0 Å². The number of ether oxygens (including phenoxy) is 4. The Bertz CT molecular complexity index is 903. The third-order valence-electron chi connectivity index (χ3n) is 5.59. The van der Waals surface area contributed by atoms with Gasteiger partial charge in [-0.2, -0.15) is 0 Å². The molecule has 1 N–H and O–H groups in total. The van der Waals surface area contributed by atoms with Crippen molar-refractivity contribution in [2.75, 3.05) is 13.2 Å². The summed E-state index contributed by atoms with van der Waals surface area (Å²) < 4.78 is 24.8. The number of rotatable bonds is 10. The predicted octanol–water partition coefficient (Wildman–Crippen LogP) is 4.13. The smallest absolute Gasteiger partial charge is 0.115 e. The van der Waals surface area contributed by atoms with Crippen LogP contribution < -0.4 is 0 Å². The molecule has 0 aliphatic carbocycles. The minimum absolute atomic E-state index is 0.143. The number of benzene rings is 3. The van der Waals surface area contributed by atoms with E-state index in [2.05, 4.69) is 0 Å². The van der Waals surface area contributed by atoms with E-state index in [1.807, 2.05) is 91.0 Å². The predicted molar refractivity (Wildman–Crippen MR) is 122 cm³/mol. The normalized spacial score (nSPS) is 23.2. The summed E-state index contributed by atoms with van der Waals surface area (Å²) in [6, 6.07) is 30.0. The first-order valence-electron chi connectivity index (χ1n) is 11.0. The van der Waals surface area contributed by atoms with Gasteiger partial charge in [0.05, 0.1) is 33.0 Å². The van der Waals surface area contributed by atoms with Crippen LogP contribution in [0.4, 0.5) is 0 Å². The van der Waals surface area contributed by atoms with Gasteiger partial charge >= 0.3 is 0 Å². The molecule has 3 aromatic rings. The van der Waals surface area contributed by atoms with Crippen molar-refractivity contribution in [3.63, 3.8) is 0 Å². The molecule has 5 nitrogen and oxygen atoms in total. The van der Waals surface area contributed by atoms with Crippen LogP contribution in [0.25, 0.3) is 0 Å². The fourth-order valence-electron chi connectivity index (χ4n) is 3.85.